The maximum Gasteiger partial charge on any atom is 0.507 e. The van der Waals surface area contributed by atoms with Crippen molar-refractivity contribution in [3.63, 3.8) is 0 Å². The highest BCUT2D eigenvalue weighted by Gasteiger charge is 2.28. The molecular weight excluding hydrogens is 318 g/mol. The van der Waals surface area contributed by atoms with Crippen LogP contribution in [0.4, 0.5) is 0 Å². The van der Waals surface area contributed by atoms with Gasteiger partial charge < -0.3 is 9.47 Å². The summed E-state index contributed by atoms with van der Waals surface area (Å²) in [7, 11) is -3.93. The van der Waals surface area contributed by atoms with E-state index in [9.17, 15) is 4.57 Å². The highest BCUT2D eigenvalue weighted by Crippen LogP contribution is 2.52. The largest absolute Gasteiger partial charge is 0.507 e. The summed E-state index contributed by atoms with van der Waals surface area (Å²) in [6.07, 6.45) is 3.22. The SMILES string of the molecule is C=CCOCC(COCC=C)COP(=O)(OCl)OCl. The third-order valence-corrected chi connectivity index (χ3v) is 3.63. The molecule has 0 heterocycles. The van der Waals surface area contributed by atoms with Gasteiger partial charge in [-0.2, -0.15) is 8.15 Å². The zero-order valence-electron chi connectivity index (χ0n) is 10.3. The molecule has 0 spiro atoms. The van der Waals surface area contributed by atoms with Crippen LogP contribution in [0, 0.1) is 5.92 Å². The van der Waals surface area contributed by atoms with Gasteiger partial charge in [0.25, 0.3) is 0 Å². The summed E-state index contributed by atoms with van der Waals surface area (Å²) in [4.78, 5) is 0. The maximum absolute atomic E-state index is 11.5. The fraction of sp³-hybridized carbons (Fsp3) is 0.600. The number of hydrogen-bond acceptors (Lipinski definition) is 6. The Hall–Kier alpha value is 0.0900. The van der Waals surface area contributed by atoms with Crippen LogP contribution < -0.4 is 0 Å². The van der Waals surface area contributed by atoms with Crippen molar-refractivity contribution >= 4 is 31.6 Å². The average Bonchev–Trinajstić information content (AvgIpc) is 2.44. The molecule has 0 aromatic carbocycles. The third kappa shape index (κ3) is 9.60. The predicted octanol–water partition coefficient (Wildman–Crippen LogP) is 3.47. The Balaban J connectivity index is 4.18. The predicted molar refractivity (Wildman–Crippen MR) is 73.0 cm³/mol. The van der Waals surface area contributed by atoms with Gasteiger partial charge in [0.1, 0.15) is 0 Å². The molecule has 0 aromatic heterocycles. The van der Waals surface area contributed by atoms with E-state index in [-0.39, 0.29) is 12.5 Å². The molecule has 0 aliphatic rings. The molecule has 0 saturated heterocycles. The van der Waals surface area contributed by atoms with Crippen LogP contribution >= 0.6 is 31.6 Å². The standard InChI is InChI=1S/C10H17Cl2O6P/c1-3-5-14-7-10(8-15-6-4-2)9-16-19(13,17-11)18-12/h3-4,10H,1-2,5-9H2. The van der Waals surface area contributed by atoms with Gasteiger partial charge in [-0.3, -0.25) is 4.52 Å². The van der Waals surface area contributed by atoms with Gasteiger partial charge in [0.15, 0.2) is 0 Å². The number of rotatable bonds is 13. The quantitative estimate of drug-likeness (QED) is 0.292. The molecule has 6 nitrogen and oxygen atoms in total. The van der Waals surface area contributed by atoms with Gasteiger partial charge >= 0.3 is 7.82 Å². The Labute approximate surface area is 123 Å². The smallest absolute Gasteiger partial charge is 0.377 e. The summed E-state index contributed by atoms with van der Waals surface area (Å²) in [6.45, 7) is 8.42. The average molecular weight is 335 g/mol. The summed E-state index contributed by atoms with van der Waals surface area (Å²) in [5.41, 5.74) is 0. The molecule has 0 N–H and O–H groups in total. The second kappa shape index (κ2) is 11.9. The summed E-state index contributed by atoms with van der Waals surface area (Å²) in [5, 5.41) is 0. The lowest BCUT2D eigenvalue weighted by Crippen LogP contribution is -2.21. The molecule has 0 bridgehead atoms. The van der Waals surface area contributed by atoms with Gasteiger partial charge in [0.05, 0.1) is 56.8 Å². The lowest BCUT2D eigenvalue weighted by atomic mass is 10.2. The maximum atomic E-state index is 11.5. The van der Waals surface area contributed by atoms with Gasteiger partial charge in [-0.25, -0.2) is 4.57 Å². The number of phosphoric acid groups is 1. The van der Waals surface area contributed by atoms with Crippen LogP contribution in [-0.2, 0) is 26.7 Å². The molecule has 0 aliphatic carbocycles. The summed E-state index contributed by atoms with van der Waals surface area (Å²) < 4.78 is 34.9. The Kier molecular flexibility index (Phi) is 11.9. The Morgan fingerprint density at radius 1 is 1.00 bits per heavy atom. The van der Waals surface area contributed by atoms with Gasteiger partial charge in [0.2, 0.25) is 0 Å². The highest BCUT2D eigenvalue weighted by atomic mass is 35.5. The minimum Gasteiger partial charge on any atom is -0.377 e. The van der Waals surface area contributed by atoms with Crippen LogP contribution in [0.1, 0.15) is 0 Å². The van der Waals surface area contributed by atoms with Crippen molar-refractivity contribution in [1.29, 1.82) is 0 Å². The summed E-state index contributed by atoms with van der Waals surface area (Å²) >= 11 is 9.92. The van der Waals surface area contributed by atoms with Crippen molar-refractivity contribution in [3.05, 3.63) is 25.3 Å². The first-order valence-electron chi connectivity index (χ1n) is 5.34. The van der Waals surface area contributed by atoms with Crippen LogP contribution in [0.5, 0.6) is 0 Å². The van der Waals surface area contributed by atoms with Crippen molar-refractivity contribution < 1.29 is 26.7 Å². The molecule has 9 heteroatoms. The van der Waals surface area contributed by atoms with Crippen molar-refractivity contribution in [2.24, 2.45) is 5.92 Å². The van der Waals surface area contributed by atoms with Gasteiger partial charge in [-0.15, -0.1) is 13.2 Å². The second-order valence-electron chi connectivity index (χ2n) is 3.40. The van der Waals surface area contributed by atoms with Crippen molar-refractivity contribution in [1.82, 2.24) is 0 Å². The van der Waals surface area contributed by atoms with E-state index in [4.69, 9.17) is 37.7 Å². The molecule has 0 fully saturated rings. The normalized spacial score (nSPS) is 11.7. The third-order valence-electron chi connectivity index (χ3n) is 1.82. The molecule has 0 atom stereocenters. The first kappa shape index (κ1) is 19.1. The Morgan fingerprint density at radius 2 is 1.47 bits per heavy atom. The van der Waals surface area contributed by atoms with E-state index in [1.54, 1.807) is 12.2 Å². The Bertz CT molecular complexity index is 280. The lowest BCUT2D eigenvalue weighted by Gasteiger charge is -2.18. The van der Waals surface area contributed by atoms with E-state index in [0.29, 0.717) is 26.4 Å². The molecule has 112 valence electrons. The summed E-state index contributed by atoms with van der Waals surface area (Å²) in [5.74, 6) is -0.202. The van der Waals surface area contributed by atoms with Gasteiger partial charge in [-0.05, 0) is 0 Å². The van der Waals surface area contributed by atoms with Crippen molar-refractivity contribution in [2.45, 2.75) is 0 Å². The molecule has 0 unspecified atom stereocenters. The number of hydrogen-bond donors (Lipinski definition) is 0. The second-order valence-corrected chi connectivity index (χ2v) is 5.66. The monoisotopic (exact) mass is 334 g/mol. The van der Waals surface area contributed by atoms with E-state index in [0.717, 1.165) is 0 Å². The van der Waals surface area contributed by atoms with Crippen molar-refractivity contribution in [2.75, 3.05) is 33.0 Å². The lowest BCUT2D eigenvalue weighted by molar-refractivity contribution is 0.0320. The Morgan fingerprint density at radius 3 is 1.84 bits per heavy atom. The van der Waals surface area contributed by atoms with E-state index in [2.05, 4.69) is 21.3 Å². The number of ether oxygens (including phenoxy) is 2. The molecule has 0 aromatic rings. The van der Waals surface area contributed by atoms with Gasteiger partial charge in [-0.1, -0.05) is 12.2 Å². The molecule has 0 amide bonds. The minimum atomic E-state index is -3.93. The zero-order valence-corrected chi connectivity index (χ0v) is 12.7. The fourth-order valence-electron chi connectivity index (χ4n) is 1.03. The van der Waals surface area contributed by atoms with E-state index in [1.807, 2.05) is 0 Å². The summed E-state index contributed by atoms with van der Waals surface area (Å²) in [6, 6.07) is 0. The highest BCUT2D eigenvalue weighted by molar-refractivity contribution is 7.50. The van der Waals surface area contributed by atoms with Crippen LogP contribution in [0.3, 0.4) is 0 Å². The fourth-order valence-corrected chi connectivity index (χ4v) is 2.02. The zero-order chi connectivity index (χ0) is 14.6. The van der Waals surface area contributed by atoms with Crippen LogP contribution in [0.2, 0.25) is 0 Å². The van der Waals surface area contributed by atoms with Crippen molar-refractivity contribution in [3.8, 4) is 0 Å². The van der Waals surface area contributed by atoms with Crippen LogP contribution in [0.15, 0.2) is 25.3 Å². The minimum absolute atomic E-state index is 0.0228. The number of halogens is 2. The molecule has 19 heavy (non-hydrogen) atoms. The molecule has 0 saturated carbocycles. The first-order chi connectivity index (χ1) is 9.11. The molecular formula is C10H17Cl2O6P. The molecule has 0 radical (unpaired) electrons. The van der Waals surface area contributed by atoms with Crippen LogP contribution in [0.25, 0.3) is 0 Å². The molecule has 0 rings (SSSR count). The van der Waals surface area contributed by atoms with Gasteiger partial charge in [0, 0.05) is 5.92 Å². The topological polar surface area (TPSA) is 63.2 Å². The first-order valence-corrected chi connectivity index (χ1v) is 7.42. The van der Waals surface area contributed by atoms with E-state index < -0.39 is 7.82 Å². The van der Waals surface area contributed by atoms with E-state index >= 15 is 0 Å². The van der Waals surface area contributed by atoms with Crippen LogP contribution in [-0.4, -0.2) is 33.0 Å². The van der Waals surface area contributed by atoms with E-state index in [1.165, 1.54) is 0 Å². The molecule has 0 aliphatic heterocycles.